The minimum atomic E-state index is 0.284. The van der Waals surface area contributed by atoms with Crippen LogP contribution < -0.4 is 9.47 Å². The Morgan fingerprint density at radius 2 is 1.95 bits per heavy atom. The maximum absolute atomic E-state index is 6.03. The maximum atomic E-state index is 6.03. The smallest absolute Gasteiger partial charge is 0.258 e. The summed E-state index contributed by atoms with van der Waals surface area (Å²) in [6.45, 7) is 0.390. The molecular weight excluding hydrogens is 290 g/mol. The second-order valence-corrected chi connectivity index (χ2v) is 4.66. The number of halogens is 1. The Labute approximate surface area is 126 Å². The van der Waals surface area contributed by atoms with Gasteiger partial charge in [-0.05, 0) is 5.56 Å². The molecule has 0 fully saturated rings. The van der Waals surface area contributed by atoms with Gasteiger partial charge in [-0.3, -0.25) is 0 Å². The van der Waals surface area contributed by atoms with Crippen molar-refractivity contribution in [1.29, 1.82) is 0 Å². The average Bonchev–Trinajstić information content (AvgIpc) is 2.53. The van der Waals surface area contributed by atoms with Gasteiger partial charge in [0, 0.05) is 6.07 Å². The third kappa shape index (κ3) is 2.87. The summed E-state index contributed by atoms with van der Waals surface area (Å²) in [7, 11) is 1.56. The number of hydrogen-bond donors (Lipinski definition) is 0. The van der Waals surface area contributed by atoms with Crippen molar-refractivity contribution in [1.82, 2.24) is 15.0 Å². The molecule has 0 saturated carbocycles. The zero-order valence-corrected chi connectivity index (χ0v) is 12.0. The molecule has 2 aromatic heterocycles. The van der Waals surface area contributed by atoms with Crippen LogP contribution in [-0.4, -0.2) is 22.1 Å². The van der Waals surface area contributed by atoms with Crippen molar-refractivity contribution in [3.63, 3.8) is 0 Å². The largest absolute Gasteiger partial charge is 0.491 e. The molecule has 5 nitrogen and oxygen atoms in total. The Bertz CT molecular complexity index is 765. The zero-order valence-electron chi connectivity index (χ0n) is 11.3. The van der Waals surface area contributed by atoms with Crippen molar-refractivity contribution < 1.29 is 9.47 Å². The van der Waals surface area contributed by atoms with Crippen molar-refractivity contribution in [2.75, 3.05) is 7.11 Å². The number of methoxy groups -OCH3 is 1. The molecule has 3 aromatic rings. The van der Waals surface area contributed by atoms with E-state index in [0.29, 0.717) is 29.3 Å². The molecule has 0 N–H and O–H groups in total. The van der Waals surface area contributed by atoms with E-state index in [0.717, 1.165) is 5.56 Å². The number of nitrogens with zero attached hydrogens (tertiary/aromatic N) is 3. The number of ether oxygens (including phenoxy) is 2. The highest BCUT2D eigenvalue weighted by Crippen LogP contribution is 2.30. The summed E-state index contributed by atoms with van der Waals surface area (Å²) >= 11 is 6.03. The summed E-state index contributed by atoms with van der Waals surface area (Å²) in [5.41, 5.74) is 2.14. The van der Waals surface area contributed by atoms with E-state index in [1.165, 1.54) is 6.33 Å². The van der Waals surface area contributed by atoms with E-state index in [1.807, 2.05) is 30.3 Å². The quantitative estimate of drug-likeness (QED) is 0.692. The summed E-state index contributed by atoms with van der Waals surface area (Å²) in [5.74, 6) is 0.874. The first-order chi connectivity index (χ1) is 10.3. The van der Waals surface area contributed by atoms with Crippen LogP contribution in [0.15, 0.2) is 42.7 Å². The standard InChI is InChI=1S/C15H12ClN3O2/c1-20-12-7-11-13(14(16)18-9-17-11)19-15(12)21-8-10-5-3-2-4-6-10/h2-7,9H,8H2,1H3. The molecule has 0 aliphatic heterocycles. The monoisotopic (exact) mass is 301 g/mol. The number of fused-ring (bicyclic) bond motifs is 1. The lowest BCUT2D eigenvalue weighted by Gasteiger charge is -2.10. The number of rotatable bonds is 4. The number of benzene rings is 1. The molecule has 21 heavy (non-hydrogen) atoms. The van der Waals surface area contributed by atoms with Gasteiger partial charge in [0.1, 0.15) is 18.5 Å². The minimum Gasteiger partial charge on any atom is -0.491 e. The van der Waals surface area contributed by atoms with Crippen LogP contribution in [0.4, 0.5) is 0 Å². The molecule has 0 atom stereocenters. The summed E-state index contributed by atoms with van der Waals surface area (Å²) in [6, 6.07) is 11.5. The average molecular weight is 302 g/mol. The Balaban J connectivity index is 1.95. The van der Waals surface area contributed by atoms with Gasteiger partial charge in [0.05, 0.1) is 12.6 Å². The van der Waals surface area contributed by atoms with Gasteiger partial charge >= 0.3 is 0 Å². The summed E-state index contributed by atoms with van der Waals surface area (Å²) < 4.78 is 11.0. The molecule has 0 aliphatic carbocycles. The second kappa shape index (κ2) is 5.93. The predicted molar refractivity (Wildman–Crippen MR) is 79.7 cm³/mol. The molecule has 0 aliphatic rings. The fraction of sp³-hybridized carbons (Fsp3) is 0.133. The molecule has 0 unspecified atom stereocenters. The maximum Gasteiger partial charge on any atom is 0.258 e. The first-order valence-corrected chi connectivity index (χ1v) is 6.67. The normalized spacial score (nSPS) is 10.6. The highest BCUT2D eigenvalue weighted by atomic mass is 35.5. The first-order valence-electron chi connectivity index (χ1n) is 6.30. The molecule has 106 valence electrons. The molecular formula is C15H12ClN3O2. The van der Waals surface area contributed by atoms with Crippen LogP contribution in [0.5, 0.6) is 11.6 Å². The molecule has 3 rings (SSSR count). The zero-order chi connectivity index (χ0) is 14.7. The summed E-state index contributed by atoms with van der Waals surface area (Å²) in [5, 5.41) is 0.284. The van der Waals surface area contributed by atoms with E-state index >= 15 is 0 Å². The summed E-state index contributed by atoms with van der Waals surface area (Å²) in [6.07, 6.45) is 1.39. The van der Waals surface area contributed by atoms with Gasteiger partial charge in [-0.25, -0.2) is 15.0 Å². The Morgan fingerprint density at radius 3 is 2.71 bits per heavy atom. The Kier molecular flexibility index (Phi) is 3.83. The third-order valence-electron chi connectivity index (χ3n) is 2.94. The van der Waals surface area contributed by atoms with Crippen molar-refractivity contribution in [3.05, 3.63) is 53.4 Å². The van der Waals surface area contributed by atoms with Crippen LogP contribution in [0.2, 0.25) is 5.15 Å². The third-order valence-corrected chi connectivity index (χ3v) is 3.21. The molecule has 1 aromatic carbocycles. The topological polar surface area (TPSA) is 57.1 Å². The fourth-order valence-electron chi connectivity index (χ4n) is 1.90. The van der Waals surface area contributed by atoms with Gasteiger partial charge in [-0.1, -0.05) is 41.9 Å². The molecule has 0 amide bonds. The molecule has 0 bridgehead atoms. The van der Waals surface area contributed by atoms with Crippen LogP contribution in [-0.2, 0) is 6.61 Å². The lowest BCUT2D eigenvalue weighted by atomic mass is 10.2. The highest BCUT2D eigenvalue weighted by Gasteiger charge is 2.12. The number of pyridine rings is 1. The van der Waals surface area contributed by atoms with E-state index in [-0.39, 0.29) is 5.15 Å². The number of aromatic nitrogens is 3. The van der Waals surface area contributed by atoms with E-state index in [9.17, 15) is 0 Å². The summed E-state index contributed by atoms with van der Waals surface area (Å²) in [4.78, 5) is 12.4. The molecule has 0 radical (unpaired) electrons. The van der Waals surface area contributed by atoms with Gasteiger partial charge in [0.2, 0.25) is 0 Å². The Hall–Kier alpha value is -2.40. The minimum absolute atomic E-state index is 0.284. The van der Waals surface area contributed by atoms with Crippen molar-refractivity contribution in [2.24, 2.45) is 0 Å². The predicted octanol–water partition coefficient (Wildman–Crippen LogP) is 3.27. The van der Waals surface area contributed by atoms with Gasteiger partial charge in [-0.15, -0.1) is 0 Å². The van der Waals surface area contributed by atoms with Crippen LogP contribution in [0.1, 0.15) is 5.56 Å². The van der Waals surface area contributed by atoms with Gasteiger partial charge < -0.3 is 9.47 Å². The van der Waals surface area contributed by atoms with Crippen molar-refractivity contribution >= 4 is 22.6 Å². The van der Waals surface area contributed by atoms with Crippen LogP contribution in [0.3, 0.4) is 0 Å². The van der Waals surface area contributed by atoms with Crippen molar-refractivity contribution in [3.8, 4) is 11.6 Å². The van der Waals surface area contributed by atoms with E-state index < -0.39 is 0 Å². The Morgan fingerprint density at radius 1 is 1.14 bits per heavy atom. The van der Waals surface area contributed by atoms with Gasteiger partial charge in [-0.2, -0.15) is 0 Å². The second-order valence-electron chi connectivity index (χ2n) is 4.30. The highest BCUT2D eigenvalue weighted by molar-refractivity contribution is 6.33. The van der Waals surface area contributed by atoms with Crippen LogP contribution in [0, 0.1) is 0 Å². The van der Waals surface area contributed by atoms with Crippen molar-refractivity contribution in [2.45, 2.75) is 6.61 Å². The molecule has 2 heterocycles. The molecule has 0 spiro atoms. The lowest BCUT2D eigenvalue weighted by molar-refractivity contribution is 0.273. The van der Waals surface area contributed by atoms with Gasteiger partial charge in [0.25, 0.3) is 5.88 Å². The lowest BCUT2D eigenvalue weighted by Crippen LogP contribution is -2.01. The van der Waals surface area contributed by atoms with Crippen LogP contribution >= 0.6 is 11.6 Å². The van der Waals surface area contributed by atoms with E-state index in [2.05, 4.69) is 15.0 Å². The van der Waals surface area contributed by atoms with E-state index in [1.54, 1.807) is 13.2 Å². The number of hydrogen-bond acceptors (Lipinski definition) is 5. The molecule has 6 heteroatoms. The molecule has 0 saturated heterocycles. The SMILES string of the molecule is COc1cc2ncnc(Cl)c2nc1OCc1ccccc1. The fourth-order valence-corrected chi connectivity index (χ4v) is 2.08. The van der Waals surface area contributed by atoms with Crippen LogP contribution in [0.25, 0.3) is 11.0 Å². The van der Waals surface area contributed by atoms with E-state index in [4.69, 9.17) is 21.1 Å². The first kappa shape index (κ1) is 13.6. The van der Waals surface area contributed by atoms with Gasteiger partial charge in [0.15, 0.2) is 10.9 Å².